The fourth-order valence-electron chi connectivity index (χ4n) is 1.95. The molecule has 7 heteroatoms. The second-order valence-corrected chi connectivity index (χ2v) is 4.36. The molecule has 1 aromatic carbocycles. The first-order valence-corrected chi connectivity index (χ1v) is 6.32. The molecule has 0 amide bonds. The number of aldehydes is 1. The van der Waals surface area contributed by atoms with Crippen molar-refractivity contribution in [1.29, 1.82) is 0 Å². The van der Waals surface area contributed by atoms with Gasteiger partial charge in [-0.05, 0) is 18.6 Å². The summed E-state index contributed by atoms with van der Waals surface area (Å²) >= 11 is 0. The lowest BCUT2D eigenvalue weighted by Gasteiger charge is -2.12. The first-order valence-electron chi connectivity index (χ1n) is 6.32. The zero-order chi connectivity index (χ0) is 15.5. The van der Waals surface area contributed by atoms with Crippen LogP contribution in [0.3, 0.4) is 0 Å². The molecule has 0 bridgehead atoms. The number of aryl methyl sites for hydroxylation is 1. The number of aromatic nitrogens is 2. The molecule has 1 aromatic heterocycles. The first kappa shape index (κ1) is 15.1. The Labute approximate surface area is 119 Å². The van der Waals surface area contributed by atoms with E-state index in [0.717, 1.165) is 6.42 Å². The number of para-hydroxylation sites is 1. The molecular weight excluding hydrogens is 285 g/mol. The van der Waals surface area contributed by atoms with Crippen molar-refractivity contribution in [2.24, 2.45) is 0 Å². The molecule has 0 N–H and O–H groups in total. The van der Waals surface area contributed by atoms with Gasteiger partial charge in [-0.25, -0.2) is 0 Å². The predicted molar refractivity (Wildman–Crippen MR) is 70.0 cm³/mol. The van der Waals surface area contributed by atoms with Crippen LogP contribution in [0.25, 0.3) is 11.3 Å². The Morgan fingerprint density at radius 2 is 2.05 bits per heavy atom. The number of hydrogen-bond donors (Lipinski definition) is 0. The molecule has 0 saturated heterocycles. The second-order valence-electron chi connectivity index (χ2n) is 4.36. The Morgan fingerprint density at radius 1 is 1.33 bits per heavy atom. The topological polar surface area (TPSA) is 44.1 Å². The highest BCUT2D eigenvalue weighted by Crippen LogP contribution is 2.34. The number of rotatable bonds is 5. The van der Waals surface area contributed by atoms with Gasteiger partial charge in [0.1, 0.15) is 11.4 Å². The average Bonchev–Trinajstić information content (AvgIpc) is 2.81. The molecule has 0 atom stereocenters. The molecule has 0 fully saturated rings. The van der Waals surface area contributed by atoms with Crippen molar-refractivity contribution in [3.63, 3.8) is 0 Å². The summed E-state index contributed by atoms with van der Waals surface area (Å²) in [5.41, 5.74) is 0.534. The van der Waals surface area contributed by atoms with Crippen molar-refractivity contribution < 1.29 is 22.7 Å². The molecule has 21 heavy (non-hydrogen) atoms. The van der Waals surface area contributed by atoms with Gasteiger partial charge in [0.2, 0.25) is 0 Å². The molecule has 0 aliphatic rings. The summed E-state index contributed by atoms with van der Waals surface area (Å²) in [5, 5.41) is 4.17. The molecule has 2 aromatic rings. The predicted octanol–water partition coefficient (Wildman–Crippen LogP) is 3.67. The monoisotopic (exact) mass is 298 g/mol. The first-order chi connectivity index (χ1) is 9.94. The maximum Gasteiger partial charge on any atom is 0.573 e. The average molecular weight is 298 g/mol. The number of benzene rings is 1. The maximum atomic E-state index is 12.4. The SMILES string of the molecule is CCCn1cc(C=O)c(-c2ccccc2OC(F)(F)F)n1. The largest absolute Gasteiger partial charge is 0.573 e. The van der Waals surface area contributed by atoms with Gasteiger partial charge in [0.05, 0.1) is 5.56 Å². The number of ether oxygens (including phenoxy) is 1. The summed E-state index contributed by atoms with van der Waals surface area (Å²) in [6.07, 6.45) is -1.93. The molecule has 0 saturated carbocycles. The summed E-state index contributed by atoms with van der Waals surface area (Å²) < 4.78 is 42.8. The van der Waals surface area contributed by atoms with Gasteiger partial charge in [-0.2, -0.15) is 5.10 Å². The van der Waals surface area contributed by atoms with Crippen LogP contribution in [-0.2, 0) is 6.54 Å². The normalized spacial score (nSPS) is 11.4. The third-order valence-corrected chi connectivity index (χ3v) is 2.74. The maximum absolute atomic E-state index is 12.4. The van der Waals surface area contributed by atoms with Gasteiger partial charge in [0, 0.05) is 18.3 Å². The van der Waals surface area contributed by atoms with Gasteiger partial charge >= 0.3 is 6.36 Å². The lowest BCUT2D eigenvalue weighted by Crippen LogP contribution is -2.17. The minimum atomic E-state index is -4.80. The molecule has 0 radical (unpaired) electrons. The van der Waals surface area contributed by atoms with Crippen LogP contribution in [-0.4, -0.2) is 22.4 Å². The van der Waals surface area contributed by atoms with Crippen molar-refractivity contribution in [3.8, 4) is 17.0 Å². The van der Waals surface area contributed by atoms with E-state index in [-0.39, 0.29) is 22.6 Å². The van der Waals surface area contributed by atoms with Gasteiger partial charge in [-0.3, -0.25) is 9.48 Å². The van der Waals surface area contributed by atoms with Crippen molar-refractivity contribution in [1.82, 2.24) is 9.78 Å². The van der Waals surface area contributed by atoms with Crippen molar-refractivity contribution in [2.45, 2.75) is 26.3 Å². The van der Waals surface area contributed by atoms with Gasteiger partial charge in [-0.15, -0.1) is 13.2 Å². The van der Waals surface area contributed by atoms with E-state index < -0.39 is 6.36 Å². The van der Waals surface area contributed by atoms with Crippen molar-refractivity contribution in [2.75, 3.05) is 0 Å². The van der Waals surface area contributed by atoms with E-state index in [2.05, 4.69) is 9.84 Å². The fourth-order valence-corrected chi connectivity index (χ4v) is 1.95. The molecule has 2 rings (SSSR count). The summed E-state index contributed by atoms with van der Waals surface area (Å²) in [6, 6.07) is 5.61. The van der Waals surface area contributed by atoms with E-state index in [1.807, 2.05) is 6.92 Å². The standard InChI is InChI=1S/C14H13F3N2O2/c1-2-7-19-8-10(9-20)13(18-19)11-5-3-4-6-12(11)21-14(15,16)17/h3-6,8-9H,2,7H2,1H3. The summed E-state index contributed by atoms with van der Waals surface area (Å²) in [6.45, 7) is 2.51. The van der Waals surface area contributed by atoms with Gasteiger partial charge < -0.3 is 4.74 Å². The van der Waals surface area contributed by atoms with E-state index in [1.165, 1.54) is 29.1 Å². The summed E-state index contributed by atoms with van der Waals surface area (Å²) in [7, 11) is 0. The highest BCUT2D eigenvalue weighted by Gasteiger charge is 2.32. The van der Waals surface area contributed by atoms with Crippen LogP contribution < -0.4 is 4.74 Å². The Bertz CT molecular complexity index is 635. The minimum Gasteiger partial charge on any atom is -0.405 e. The van der Waals surface area contributed by atoms with Crippen LogP contribution in [0.4, 0.5) is 13.2 Å². The third kappa shape index (κ3) is 3.62. The van der Waals surface area contributed by atoms with Gasteiger partial charge in [-0.1, -0.05) is 19.1 Å². The number of nitrogens with zero attached hydrogens (tertiary/aromatic N) is 2. The summed E-state index contributed by atoms with van der Waals surface area (Å²) in [5.74, 6) is -0.380. The van der Waals surface area contributed by atoms with Gasteiger partial charge in [0.25, 0.3) is 0 Å². The molecule has 0 aliphatic carbocycles. The zero-order valence-electron chi connectivity index (χ0n) is 11.2. The van der Waals surface area contributed by atoms with E-state index in [4.69, 9.17) is 0 Å². The van der Waals surface area contributed by atoms with Crippen molar-refractivity contribution in [3.05, 3.63) is 36.0 Å². The van der Waals surface area contributed by atoms with Crippen LogP contribution in [0.15, 0.2) is 30.5 Å². The Morgan fingerprint density at radius 3 is 2.67 bits per heavy atom. The highest BCUT2D eigenvalue weighted by atomic mass is 19.4. The van der Waals surface area contributed by atoms with E-state index in [0.29, 0.717) is 12.8 Å². The van der Waals surface area contributed by atoms with Gasteiger partial charge in [0.15, 0.2) is 6.29 Å². The third-order valence-electron chi connectivity index (χ3n) is 2.74. The molecule has 0 aliphatic heterocycles. The number of halogens is 3. The fraction of sp³-hybridized carbons (Fsp3) is 0.286. The Balaban J connectivity index is 2.48. The number of hydrogen-bond acceptors (Lipinski definition) is 3. The highest BCUT2D eigenvalue weighted by molar-refractivity contribution is 5.87. The Kier molecular flexibility index (Phi) is 4.30. The van der Waals surface area contributed by atoms with E-state index in [1.54, 1.807) is 6.07 Å². The van der Waals surface area contributed by atoms with Crippen LogP contribution in [0.1, 0.15) is 23.7 Å². The summed E-state index contributed by atoms with van der Waals surface area (Å²) in [4.78, 5) is 11.1. The minimum absolute atomic E-state index is 0.131. The van der Waals surface area contributed by atoms with E-state index >= 15 is 0 Å². The molecule has 112 valence electrons. The molecule has 0 spiro atoms. The number of alkyl halides is 3. The molecule has 4 nitrogen and oxygen atoms in total. The van der Waals surface area contributed by atoms with Crippen LogP contribution >= 0.6 is 0 Å². The number of carbonyl (C=O) groups excluding carboxylic acids is 1. The zero-order valence-corrected chi connectivity index (χ0v) is 11.2. The number of carbonyl (C=O) groups is 1. The second kappa shape index (κ2) is 5.99. The van der Waals surface area contributed by atoms with Crippen LogP contribution in [0.2, 0.25) is 0 Å². The molecule has 1 heterocycles. The molecular formula is C14H13F3N2O2. The van der Waals surface area contributed by atoms with Crippen LogP contribution in [0, 0.1) is 0 Å². The lowest BCUT2D eigenvalue weighted by molar-refractivity contribution is -0.274. The van der Waals surface area contributed by atoms with Crippen LogP contribution in [0.5, 0.6) is 5.75 Å². The van der Waals surface area contributed by atoms with E-state index in [9.17, 15) is 18.0 Å². The Hall–Kier alpha value is -2.31. The smallest absolute Gasteiger partial charge is 0.405 e. The van der Waals surface area contributed by atoms with Crippen molar-refractivity contribution >= 4 is 6.29 Å². The quantitative estimate of drug-likeness (QED) is 0.791. The lowest BCUT2D eigenvalue weighted by atomic mass is 10.1. The molecule has 0 unspecified atom stereocenters.